The molecule has 1 aromatic rings. The summed E-state index contributed by atoms with van der Waals surface area (Å²) in [7, 11) is 0. The van der Waals surface area contributed by atoms with Gasteiger partial charge in [-0.1, -0.05) is 38.1 Å². The molecule has 2 atom stereocenters. The third-order valence-electron chi connectivity index (χ3n) is 3.48. The monoisotopic (exact) mass is 281 g/mol. The molecule has 0 amide bonds. The standard InChI is InChI=1S/C16H27NOS/c1-5-17-16(4,12-18)10-14(3)19-11-15-9-7-6-8-13(15)2/h6-9,14,17-18H,5,10-12H2,1-4H3. The summed E-state index contributed by atoms with van der Waals surface area (Å²) in [6, 6.07) is 8.55. The predicted octanol–water partition coefficient (Wildman–Crippen LogP) is 3.37. The van der Waals surface area contributed by atoms with Crippen LogP contribution in [0.2, 0.25) is 0 Å². The molecule has 2 unspecified atom stereocenters. The molecule has 3 heteroatoms. The number of aryl methyl sites for hydroxylation is 1. The van der Waals surface area contributed by atoms with Gasteiger partial charge in [-0.25, -0.2) is 0 Å². The van der Waals surface area contributed by atoms with Crippen molar-refractivity contribution in [2.45, 2.75) is 50.7 Å². The molecule has 0 aliphatic heterocycles. The Hall–Kier alpha value is -0.510. The van der Waals surface area contributed by atoms with E-state index in [4.69, 9.17) is 0 Å². The van der Waals surface area contributed by atoms with Crippen LogP contribution in [-0.4, -0.2) is 29.0 Å². The number of aliphatic hydroxyl groups excluding tert-OH is 1. The number of hydrogen-bond donors (Lipinski definition) is 2. The van der Waals surface area contributed by atoms with E-state index in [-0.39, 0.29) is 12.1 Å². The van der Waals surface area contributed by atoms with Crippen molar-refractivity contribution in [3.63, 3.8) is 0 Å². The van der Waals surface area contributed by atoms with E-state index in [1.807, 2.05) is 11.8 Å². The van der Waals surface area contributed by atoms with Crippen molar-refractivity contribution in [3.8, 4) is 0 Å². The van der Waals surface area contributed by atoms with E-state index in [0.717, 1.165) is 18.7 Å². The second-order valence-electron chi connectivity index (χ2n) is 5.50. The highest BCUT2D eigenvalue weighted by Gasteiger charge is 2.24. The van der Waals surface area contributed by atoms with E-state index in [0.29, 0.717) is 5.25 Å². The predicted molar refractivity (Wildman–Crippen MR) is 85.7 cm³/mol. The van der Waals surface area contributed by atoms with Crippen molar-refractivity contribution >= 4 is 11.8 Å². The molecule has 1 aromatic carbocycles. The zero-order valence-corrected chi connectivity index (χ0v) is 13.4. The Kier molecular flexibility index (Phi) is 6.90. The molecule has 0 fully saturated rings. The fourth-order valence-electron chi connectivity index (χ4n) is 2.32. The van der Waals surface area contributed by atoms with Gasteiger partial charge in [0.05, 0.1) is 6.61 Å². The molecule has 0 saturated carbocycles. The average molecular weight is 281 g/mol. The van der Waals surface area contributed by atoms with Crippen LogP contribution in [0, 0.1) is 6.92 Å². The summed E-state index contributed by atoms with van der Waals surface area (Å²) < 4.78 is 0. The van der Waals surface area contributed by atoms with Crippen LogP contribution >= 0.6 is 11.8 Å². The second kappa shape index (κ2) is 7.93. The van der Waals surface area contributed by atoms with Crippen LogP contribution in [0.1, 0.15) is 38.3 Å². The van der Waals surface area contributed by atoms with Crippen molar-refractivity contribution in [2.75, 3.05) is 13.2 Å². The van der Waals surface area contributed by atoms with Gasteiger partial charge in [0.25, 0.3) is 0 Å². The fraction of sp³-hybridized carbons (Fsp3) is 0.625. The smallest absolute Gasteiger partial charge is 0.0611 e. The normalized spacial score (nSPS) is 16.1. The van der Waals surface area contributed by atoms with Crippen molar-refractivity contribution in [3.05, 3.63) is 35.4 Å². The summed E-state index contributed by atoms with van der Waals surface area (Å²) in [4.78, 5) is 0. The van der Waals surface area contributed by atoms with Crippen LogP contribution in [0.5, 0.6) is 0 Å². The van der Waals surface area contributed by atoms with Crippen LogP contribution in [0.25, 0.3) is 0 Å². The van der Waals surface area contributed by atoms with Gasteiger partial charge in [0.15, 0.2) is 0 Å². The Morgan fingerprint density at radius 2 is 2.05 bits per heavy atom. The number of rotatable bonds is 8. The van der Waals surface area contributed by atoms with Crippen LogP contribution in [-0.2, 0) is 5.75 Å². The van der Waals surface area contributed by atoms with Gasteiger partial charge in [0.2, 0.25) is 0 Å². The molecule has 1 rings (SSSR count). The largest absolute Gasteiger partial charge is 0.394 e. The molecule has 0 spiro atoms. The highest BCUT2D eigenvalue weighted by Crippen LogP contribution is 2.26. The Bertz CT molecular complexity index is 383. The Morgan fingerprint density at radius 3 is 2.63 bits per heavy atom. The Morgan fingerprint density at radius 1 is 1.37 bits per heavy atom. The second-order valence-corrected chi connectivity index (χ2v) is 6.93. The number of hydrogen-bond acceptors (Lipinski definition) is 3. The number of likely N-dealkylation sites (N-methyl/N-ethyl adjacent to an activating group) is 1. The number of thioether (sulfide) groups is 1. The van der Waals surface area contributed by atoms with Gasteiger partial charge < -0.3 is 10.4 Å². The first-order valence-corrected chi connectivity index (χ1v) is 8.07. The summed E-state index contributed by atoms with van der Waals surface area (Å²) >= 11 is 1.96. The first-order chi connectivity index (χ1) is 9.00. The summed E-state index contributed by atoms with van der Waals surface area (Å²) in [6.07, 6.45) is 0.980. The zero-order valence-electron chi connectivity index (χ0n) is 12.6. The van der Waals surface area contributed by atoms with Crippen LogP contribution in [0.3, 0.4) is 0 Å². The van der Waals surface area contributed by atoms with Gasteiger partial charge in [-0.3, -0.25) is 0 Å². The molecule has 19 heavy (non-hydrogen) atoms. The minimum Gasteiger partial charge on any atom is -0.394 e. The quantitative estimate of drug-likeness (QED) is 0.766. The minimum absolute atomic E-state index is 0.160. The molecule has 0 aromatic heterocycles. The highest BCUT2D eigenvalue weighted by atomic mass is 32.2. The third-order valence-corrected chi connectivity index (χ3v) is 4.69. The van der Waals surface area contributed by atoms with E-state index in [9.17, 15) is 5.11 Å². The van der Waals surface area contributed by atoms with Crippen molar-refractivity contribution in [1.82, 2.24) is 5.32 Å². The lowest BCUT2D eigenvalue weighted by molar-refractivity contribution is 0.168. The Balaban J connectivity index is 2.47. The van der Waals surface area contributed by atoms with E-state index in [2.05, 4.69) is 57.3 Å². The first kappa shape index (κ1) is 16.5. The van der Waals surface area contributed by atoms with E-state index in [1.165, 1.54) is 11.1 Å². The van der Waals surface area contributed by atoms with Gasteiger partial charge in [0.1, 0.15) is 0 Å². The molecule has 2 nitrogen and oxygen atoms in total. The minimum atomic E-state index is -0.160. The molecular formula is C16H27NOS. The zero-order chi connectivity index (χ0) is 14.3. The number of aliphatic hydroxyl groups is 1. The lowest BCUT2D eigenvalue weighted by Gasteiger charge is -2.31. The SMILES string of the molecule is CCNC(C)(CO)CC(C)SCc1ccccc1C. The van der Waals surface area contributed by atoms with Crippen LogP contribution in [0.15, 0.2) is 24.3 Å². The van der Waals surface area contributed by atoms with Gasteiger partial charge in [-0.2, -0.15) is 11.8 Å². The molecule has 108 valence electrons. The first-order valence-electron chi connectivity index (χ1n) is 7.02. The van der Waals surface area contributed by atoms with E-state index < -0.39 is 0 Å². The topological polar surface area (TPSA) is 32.3 Å². The third kappa shape index (κ3) is 5.55. The lowest BCUT2D eigenvalue weighted by Crippen LogP contribution is -2.47. The average Bonchev–Trinajstić information content (AvgIpc) is 2.38. The Labute approximate surface area is 122 Å². The molecule has 2 N–H and O–H groups in total. The molecule has 0 bridgehead atoms. The van der Waals surface area contributed by atoms with Gasteiger partial charge in [0, 0.05) is 16.5 Å². The molecule has 0 radical (unpaired) electrons. The van der Waals surface area contributed by atoms with E-state index >= 15 is 0 Å². The van der Waals surface area contributed by atoms with Crippen LogP contribution < -0.4 is 5.32 Å². The van der Waals surface area contributed by atoms with Crippen molar-refractivity contribution in [1.29, 1.82) is 0 Å². The fourth-order valence-corrected chi connectivity index (χ4v) is 3.59. The van der Waals surface area contributed by atoms with Gasteiger partial charge in [-0.15, -0.1) is 0 Å². The summed E-state index contributed by atoms with van der Waals surface area (Å²) in [5.41, 5.74) is 2.61. The van der Waals surface area contributed by atoms with Crippen molar-refractivity contribution in [2.24, 2.45) is 0 Å². The van der Waals surface area contributed by atoms with Gasteiger partial charge >= 0.3 is 0 Å². The van der Waals surface area contributed by atoms with Crippen molar-refractivity contribution < 1.29 is 5.11 Å². The molecule has 0 saturated heterocycles. The molecular weight excluding hydrogens is 254 g/mol. The maximum atomic E-state index is 9.52. The summed E-state index contributed by atoms with van der Waals surface area (Å²) in [6.45, 7) is 9.67. The van der Waals surface area contributed by atoms with E-state index in [1.54, 1.807) is 0 Å². The maximum absolute atomic E-state index is 9.52. The number of nitrogens with one attached hydrogen (secondary N) is 1. The molecule has 0 aliphatic carbocycles. The summed E-state index contributed by atoms with van der Waals surface area (Å²) in [5, 5.41) is 13.4. The lowest BCUT2D eigenvalue weighted by atomic mass is 9.97. The molecule has 0 heterocycles. The maximum Gasteiger partial charge on any atom is 0.0611 e. The molecule has 0 aliphatic rings. The van der Waals surface area contributed by atoms with Crippen LogP contribution in [0.4, 0.5) is 0 Å². The van der Waals surface area contributed by atoms with Gasteiger partial charge in [-0.05, 0) is 37.9 Å². The number of benzene rings is 1. The highest BCUT2D eigenvalue weighted by molar-refractivity contribution is 7.99. The summed E-state index contributed by atoms with van der Waals surface area (Å²) in [5.74, 6) is 1.04.